The summed E-state index contributed by atoms with van der Waals surface area (Å²) in [7, 11) is 0. The number of carbonyl (C=O) groups is 2. The minimum Gasteiger partial charge on any atom is -0.484 e. The number of hydrogen-bond acceptors (Lipinski definition) is 5. The lowest BCUT2D eigenvalue weighted by atomic mass is 10.1. The molecule has 2 amide bonds. The predicted molar refractivity (Wildman–Crippen MR) is 121 cm³/mol. The van der Waals surface area contributed by atoms with E-state index in [9.17, 15) is 14.4 Å². The number of benzene rings is 2. The smallest absolute Gasteiger partial charge is 0.336 e. The minimum absolute atomic E-state index is 0.104. The van der Waals surface area contributed by atoms with Gasteiger partial charge in [0, 0.05) is 50.1 Å². The van der Waals surface area contributed by atoms with Gasteiger partial charge in [0.2, 0.25) is 5.91 Å². The van der Waals surface area contributed by atoms with Gasteiger partial charge in [-0.3, -0.25) is 9.59 Å². The number of hydrogen-bond donors (Lipinski definition) is 0. The third kappa shape index (κ3) is 5.55. The van der Waals surface area contributed by atoms with Gasteiger partial charge in [0.15, 0.2) is 6.61 Å². The zero-order valence-corrected chi connectivity index (χ0v) is 17.9. The standard InChI is InChI=1S/C25H26N2O5/c28-23(8-4-7-19-5-2-1-3-6-19)26-13-15-27(16-14-26)24(29)18-31-21-11-9-20-10-12-25(30)32-22(20)17-21/h1-3,5-6,9-12,17H,4,7-8,13-16,18H2. The third-order valence-electron chi connectivity index (χ3n) is 5.64. The Bertz CT molecular complexity index is 1130. The molecule has 0 N–H and O–H groups in total. The molecule has 166 valence electrons. The van der Waals surface area contributed by atoms with Crippen LogP contribution in [-0.4, -0.2) is 54.4 Å². The number of piperazine rings is 1. The molecule has 1 aromatic heterocycles. The Kier molecular flexibility index (Phi) is 6.84. The molecule has 32 heavy (non-hydrogen) atoms. The van der Waals surface area contributed by atoms with Crippen LogP contribution >= 0.6 is 0 Å². The fourth-order valence-electron chi connectivity index (χ4n) is 3.82. The quantitative estimate of drug-likeness (QED) is 0.534. The Hall–Kier alpha value is -3.61. The Morgan fingerprint density at radius 1 is 0.875 bits per heavy atom. The van der Waals surface area contributed by atoms with Crippen molar-refractivity contribution in [3.8, 4) is 5.75 Å². The molecule has 2 aromatic carbocycles. The number of ether oxygens (including phenoxy) is 1. The Morgan fingerprint density at radius 2 is 1.56 bits per heavy atom. The lowest BCUT2D eigenvalue weighted by Gasteiger charge is -2.34. The summed E-state index contributed by atoms with van der Waals surface area (Å²) in [5.74, 6) is 0.477. The van der Waals surface area contributed by atoms with Gasteiger partial charge < -0.3 is 19.0 Å². The predicted octanol–water partition coefficient (Wildman–Crippen LogP) is 2.87. The van der Waals surface area contributed by atoms with E-state index in [4.69, 9.17) is 9.15 Å². The van der Waals surface area contributed by atoms with Gasteiger partial charge in [-0.1, -0.05) is 30.3 Å². The van der Waals surface area contributed by atoms with Crippen LogP contribution in [0.2, 0.25) is 0 Å². The molecule has 0 spiro atoms. The second kappa shape index (κ2) is 10.1. The van der Waals surface area contributed by atoms with Crippen molar-refractivity contribution in [3.63, 3.8) is 0 Å². The summed E-state index contributed by atoms with van der Waals surface area (Å²) in [6, 6.07) is 18.3. The van der Waals surface area contributed by atoms with Crippen LogP contribution in [0, 0.1) is 0 Å². The molecule has 0 unspecified atom stereocenters. The summed E-state index contributed by atoms with van der Waals surface area (Å²) in [5.41, 5.74) is 1.23. The largest absolute Gasteiger partial charge is 0.484 e. The highest BCUT2D eigenvalue weighted by Crippen LogP contribution is 2.19. The van der Waals surface area contributed by atoms with E-state index in [1.165, 1.54) is 11.6 Å². The summed E-state index contributed by atoms with van der Waals surface area (Å²) in [6.07, 6.45) is 2.23. The van der Waals surface area contributed by atoms with E-state index in [-0.39, 0.29) is 18.4 Å². The number of nitrogens with zero attached hydrogens (tertiary/aromatic N) is 2. The van der Waals surface area contributed by atoms with Gasteiger partial charge in [0.05, 0.1) is 0 Å². The Morgan fingerprint density at radius 3 is 2.31 bits per heavy atom. The van der Waals surface area contributed by atoms with Gasteiger partial charge >= 0.3 is 5.63 Å². The molecule has 1 aliphatic heterocycles. The normalized spacial score (nSPS) is 13.9. The highest BCUT2D eigenvalue weighted by atomic mass is 16.5. The average molecular weight is 434 g/mol. The molecule has 1 saturated heterocycles. The van der Waals surface area contributed by atoms with Crippen molar-refractivity contribution < 1.29 is 18.7 Å². The number of amides is 2. The molecule has 0 atom stereocenters. The monoisotopic (exact) mass is 434 g/mol. The molecule has 2 heterocycles. The van der Waals surface area contributed by atoms with Crippen LogP contribution < -0.4 is 10.4 Å². The van der Waals surface area contributed by atoms with Crippen molar-refractivity contribution in [1.82, 2.24) is 9.80 Å². The summed E-state index contributed by atoms with van der Waals surface area (Å²) in [5, 5.41) is 0.785. The highest BCUT2D eigenvalue weighted by Gasteiger charge is 2.24. The van der Waals surface area contributed by atoms with E-state index in [1.807, 2.05) is 23.1 Å². The second-order valence-corrected chi connectivity index (χ2v) is 7.84. The average Bonchev–Trinajstić information content (AvgIpc) is 2.83. The molecule has 0 bridgehead atoms. The fraction of sp³-hybridized carbons (Fsp3) is 0.320. The van der Waals surface area contributed by atoms with Crippen LogP contribution in [-0.2, 0) is 16.0 Å². The Balaban J connectivity index is 1.20. The first-order chi connectivity index (χ1) is 15.6. The van der Waals surface area contributed by atoms with E-state index in [2.05, 4.69) is 12.1 Å². The molecule has 0 radical (unpaired) electrons. The minimum atomic E-state index is -0.432. The van der Waals surface area contributed by atoms with E-state index >= 15 is 0 Å². The summed E-state index contributed by atoms with van der Waals surface area (Å²) < 4.78 is 10.7. The third-order valence-corrected chi connectivity index (χ3v) is 5.64. The van der Waals surface area contributed by atoms with Gasteiger partial charge in [-0.15, -0.1) is 0 Å². The van der Waals surface area contributed by atoms with Crippen LogP contribution in [0.3, 0.4) is 0 Å². The van der Waals surface area contributed by atoms with E-state index in [0.717, 1.165) is 18.2 Å². The summed E-state index contributed by atoms with van der Waals surface area (Å²) >= 11 is 0. The van der Waals surface area contributed by atoms with Crippen LogP contribution in [0.1, 0.15) is 18.4 Å². The highest BCUT2D eigenvalue weighted by molar-refractivity contribution is 5.80. The van der Waals surface area contributed by atoms with Gasteiger partial charge in [-0.2, -0.15) is 0 Å². The van der Waals surface area contributed by atoms with Crippen LogP contribution in [0.25, 0.3) is 11.0 Å². The fourth-order valence-corrected chi connectivity index (χ4v) is 3.82. The molecule has 1 aliphatic rings. The molecular weight excluding hydrogens is 408 g/mol. The maximum Gasteiger partial charge on any atom is 0.336 e. The van der Waals surface area contributed by atoms with Crippen LogP contribution in [0.15, 0.2) is 69.9 Å². The molecule has 7 heteroatoms. The van der Waals surface area contributed by atoms with Crippen molar-refractivity contribution in [2.45, 2.75) is 19.3 Å². The maximum atomic E-state index is 12.5. The van der Waals surface area contributed by atoms with Crippen LogP contribution in [0.5, 0.6) is 5.75 Å². The van der Waals surface area contributed by atoms with E-state index in [1.54, 1.807) is 29.2 Å². The van der Waals surface area contributed by atoms with Crippen molar-refractivity contribution in [1.29, 1.82) is 0 Å². The first kappa shape index (κ1) is 21.6. The van der Waals surface area contributed by atoms with Gasteiger partial charge in [0.25, 0.3) is 5.91 Å². The topological polar surface area (TPSA) is 80.1 Å². The first-order valence-electron chi connectivity index (χ1n) is 10.8. The lowest BCUT2D eigenvalue weighted by Crippen LogP contribution is -2.51. The van der Waals surface area contributed by atoms with Crippen molar-refractivity contribution in [2.75, 3.05) is 32.8 Å². The number of carbonyl (C=O) groups excluding carboxylic acids is 2. The van der Waals surface area contributed by atoms with Crippen molar-refractivity contribution in [2.24, 2.45) is 0 Å². The number of aryl methyl sites for hydroxylation is 1. The summed E-state index contributed by atoms with van der Waals surface area (Å²) in [6.45, 7) is 1.97. The molecular formula is C25H26N2O5. The van der Waals surface area contributed by atoms with E-state index < -0.39 is 5.63 Å². The second-order valence-electron chi connectivity index (χ2n) is 7.84. The van der Waals surface area contributed by atoms with Gasteiger partial charge in [-0.05, 0) is 36.6 Å². The summed E-state index contributed by atoms with van der Waals surface area (Å²) in [4.78, 5) is 39.9. The molecule has 0 aliphatic carbocycles. The van der Waals surface area contributed by atoms with E-state index in [0.29, 0.717) is 43.9 Å². The van der Waals surface area contributed by atoms with Crippen LogP contribution in [0.4, 0.5) is 0 Å². The molecule has 3 aromatic rings. The van der Waals surface area contributed by atoms with Gasteiger partial charge in [-0.25, -0.2) is 4.79 Å². The zero-order chi connectivity index (χ0) is 22.3. The Labute approximate surface area is 186 Å². The zero-order valence-electron chi connectivity index (χ0n) is 17.9. The lowest BCUT2D eigenvalue weighted by molar-refractivity contribution is -0.140. The molecule has 7 nitrogen and oxygen atoms in total. The molecule has 0 saturated carbocycles. The number of fused-ring (bicyclic) bond motifs is 1. The SMILES string of the molecule is O=C(CCCc1ccccc1)N1CCN(C(=O)COc2ccc3ccc(=O)oc3c2)CC1. The van der Waals surface area contributed by atoms with Gasteiger partial charge in [0.1, 0.15) is 11.3 Å². The first-order valence-corrected chi connectivity index (χ1v) is 10.8. The molecule has 4 rings (SSSR count). The number of rotatable bonds is 7. The van der Waals surface area contributed by atoms with Crippen molar-refractivity contribution in [3.05, 3.63) is 76.6 Å². The maximum absolute atomic E-state index is 12.5. The molecule has 1 fully saturated rings. The van der Waals surface area contributed by atoms with Crippen molar-refractivity contribution >= 4 is 22.8 Å².